The number of β-amino-alcohol motifs (C(OH)–C–C–N with tert-alkyl or cyclic N) is 2. The molecule has 0 aromatic heterocycles. The minimum absolute atomic E-state index is 0.0239. The van der Waals surface area contributed by atoms with Crippen LogP contribution in [0.1, 0.15) is 232 Å². The minimum Gasteiger partial charge on any atom is -0.395 e. The Kier molecular flexibility index (Phi) is 37.9. The average molecular weight is 684 g/mol. The normalized spacial score (nSPS) is 12.8. The van der Waals surface area contributed by atoms with Gasteiger partial charge >= 0.3 is 0 Å². The Bertz CT molecular complexity index is 561. The SMILES string of the molecule is CCCCCCCCCCCCCCCCCCC(CCCCCCCCCCCCCCCCCC)(C(O)OC)N(CCO)CCO. The molecule has 0 spiro atoms. The lowest BCUT2D eigenvalue weighted by molar-refractivity contribution is -0.182. The number of rotatable bonds is 41. The zero-order chi connectivity index (χ0) is 35.2. The first kappa shape index (κ1) is 47.8. The van der Waals surface area contributed by atoms with Crippen LogP contribution in [0, 0.1) is 0 Å². The monoisotopic (exact) mass is 684 g/mol. The summed E-state index contributed by atoms with van der Waals surface area (Å²) in [5, 5.41) is 30.9. The van der Waals surface area contributed by atoms with Crippen molar-refractivity contribution in [1.82, 2.24) is 4.90 Å². The summed E-state index contributed by atoms with van der Waals surface area (Å²) in [6, 6.07) is 0. The minimum atomic E-state index is -0.914. The molecule has 0 saturated carbocycles. The second-order valence-electron chi connectivity index (χ2n) is 15.2. The third kappa shape index (κ3) is 27.5. The second-order valence-corrected chi connectivity index (χ2v) is 15.2. The summed E-state index contributed by atoms with van der Waals surface area (Å²) in [4.78, 5) is 2.12. The Morgan fingerprint density at radius 1 is 0.417 bits per heavy atom. The van der Waals surface area contributed by atoms with Crippen molar-refractivity contribution in [2.75, 3.05) is 33.4 Å². The van der Waals surface area contributed by atoms with E-state index in [0.717, 1.165) is 25.7 Å². The maximum Gasteiger partial charge on any atom is 0.172 e. The average Bonchev–Trinajstić information content (AvgIpc) is 3.10. The van der Waals surface area contributed by atoms with Crippen molar-refractivity contribution in [2.45, 2.75) is 244 Å². The first-order valence-corrected chi connectivity index (χ1v) is 21.8. The van der Waals surface area contributed by atoms with E-state index in [4.69, 9.17) is 4.74 Å². The molecule has 0 aliphatic rings. The predicted octanol–water partition coefficient (Wildman–Crippen LogP) is 12.3. The molecular weight excluding hydrogens is 594 g/mol. The number of unbranched alkanes of at least 4 members (excludes halogenated alkanes) is 30. The van der Waals surface area contributed by atoms with Gasteiger partial charge in [0.15, 0.2) is 6.29 Å². The maximum absolute atomic E-state index is 11.2. The zero-order valence-corrected chi connectivity index (χ0v) is 33.1. The van der Waals surface area contributed by atoms with Crippen molar-refractivity contribution in [2.24, 2.45) is 0 Å². The van der Waals surface area contributed by atoms with E-state index in [2.05, 4.69) is 18.7 Å². The van der Waals surface area contributed by atoms with Crippen LogP contribution in [0.25, 0.3) is 0 Å². The van der Waals surface area contributed by atoms with Gasteiger partial charge in [0.05, 0.1) is 18.8 Å². The van der Waals surface area contributed by atoms with Crippen LogP contribution < -0.4 is 0 Å². The van der Waals surface area contributed by atoms with Crippen LogP contribution in [0.4, 0.5) is 0 Å². The molecule has 0 heterocycles. The highest BCUT2D eigenvalue weighted by Crippen LogP contribution is 2.34. The second kappa shape index (κ2) is 38.0. The van der Waals surface area contributed by atoms with Gasteiger partial charge in [0.1, 0.15) is 0 Å². The van der Waals surface area contributed by atoms with Gasteiger partial charge in [-0.05, 0) is 12.8 Å². The van der Waals surface area contributed by atoms with Crippen molar-refractivity contribution in [3.63, 3.8) is 0 Å². The van der Waals surface area contributed by atoms with Gasteiger partial charge in [-0.3, -0.25) is 4.90 Å². The summed E-state index contributed by atoms with van der Waals surface area (Å²) in [5.41, 5.74) is -0.549. The number of hydrogen-bond acceptors (Lipinski definition) is 5. The molecule has 48 heavy (non-hydrogen) atoms. The van der Waals surface area contributed by atoms with Gasteiger partial charge in [0, 0.05) is 20.2 Å². The van der Waals surface area contributed by atoms with E-state index in [0.29, 0.717) is 13.1 Å². The standard InChI is InChI=1S/C43H89NO4/c1-4-6-8-10-12-14-16-18-20-22-24-26-28-30-32-34-36-43(42(47)48-3,44(38-40-45)39-41-46)37-35-33-31-29-27-25-23-21-19-17-15-13-11-9-7-5-2/h42,45-47H,4-41H2,1-3H3. The Morgan fingerprint density at radius 3 is 0.854 bits per heavy atom. The van der Waals surface area contributed by atoms with Crippen molar-refractivity contribution < 1.29 is 20.1 Å². The highest BCUT2D eigenvalue weighted by atomic mass is 16.6. The molecule has 0 aromatic rings. The molecule has 0 fully saturated rings. The van der Waals surface area contributed by atoms with Gasteiger partial charge in [-0.1, -0.05) is 219 Å². The summed E-state index contributed by atoms with van der Waals surface area (Å²) in [6.07, 6.45) is 43.8. The molecular formula is C43H89NO4. The largest absolute Gasteiger partial charge is 0.395 e. The van der Waals surface area contributed by atoms with E-state index in [1.54, 1.807) is 7.11 Å². The number of nitrogens with zero attached hydrogens (tertiary/aromatic N) is 1. The number of hydrogen-bond donors (Lipinski definition) is 3. The molecule has 1 atom stereocenters. The third-order valence-electron chi connectivity index (χ3n) is 11.0. The highest BCUT2D eigenvalue weighted by molar-refractivity contribution is 4.93. The summed E-state index contributed by atoms with van der Waals surface area (Å²) in [6.45, 7) is 5.54. The van der Waals surface area contributed by atoms with Crippen LogP contribution in [0.2, 0.25) is 0 Å². The molecule has 0 bridgehead atoms. The van der Waals surface area contributed by atoms with Crippen molar-refractivity contribution in [1.29, 1.82) is 0 Å². The van der Waals surface area contributed by atoms with Crippen LogP contribution in [0.5, 0.6) is 0 Å². The van der Waals surface area contributed by atoms with Gasteiger partial charge < -0.3 is 20.1 Å². The van der Waals surface area contributed by atoms with Crippen LogP contribution in [-0.4, -0.2) is 65.5 Å². The highest BCUT2D eigenvalue weighted by Gasteiger charge is 2.42. The topological polar surface area (TPSA) is 73.2 Å². The van der Waals surface area contributed by atoms with Crippen molar-refractivity contribution >= 4 is 0 Å². The smallest absolute Gasteiger partial charge is 0.172 e. The molecule has 0 aliphatic carbocycles. The molecule has 0 amide bonds. The molecule has 0 rings (SSSR count). The third-order valence-corrected chi connectivity index (χ3v) is 11.0. The molecule has 0 radical (unpaired) electrons. The molecule has 5 heteroatoms. The van der Waals surface area contributed by atoms with E-state index >= 15 is 0 Å². The number of methoxy groups -OCH3 is 1. The molecule has 0 aliphatic heterocycles. The lowest BCUT2D eigenvalue weighted by Gasteiger charge is -2.46. The summed E-state index contributed by atoms with van der Waals surface area (Å²) in [5.74, 6) is 0. The van der Waals surface area contributed by atoms with E-state index in [9.17, 15) is 15.3 Å². The first-order chi connectivity index (χ1) is 23.6. The maximum atomic E-state index is 11.2. The van der Waals surface area contributed by atoms with E-state index in [1.807, 2.05) is 0 Å². The Labute approximate surface area is 301 Å². The Balaban J connectivity index is 4.31. The van der Waals surface area contributed by atoms with Gasteiger partial charge in [-0.2, -0.15) is 0 Å². The fourth-order valence-electron chi connectivity index (χ4n) is 7.82. The first-order valence-electron chi connectivity index (χ1n) is 21.8. The van der Waals surface area contributed by atoms with E-state index < -0.39 is 11.8 Å². The van der Waals surface area contributed by atoms with E-state index in [-0.39, 0.29) is 13.2 Å². The number of aliphatic hydroxyl groups excluding tert-OH is 3. The van der Waals surface area contributed by atoms with Gasteiger partial charge in [0.2, 0.25) is 0 Å². The van der Waals surface area contributed by atoms with Crippen LogP contribution in [0.15, 0.2) is 0 Å². The summed E-state index contributed by atoms with van der Waals surface area (Å²) >= 11 is 0. The van der Waals surface area contributed by atoms with Crippen LogP contribution >= 0.6 is 0 Å². The Hall–Kier alpha value is -0.200. The molecule has 0 aromatic carbocycles. The van der Waals surface area contributed by atoms with Crippen molar-refractivity contribution in [3.8, 4) is 0 Å². The summed E-state index contributed by atoms with van der Waals surface area (Å²) < 4.78 is 5.60. The molecule has 3 N–H and O–H groups in total. The molecule has 5 nitrogen and oxygen atoms in total. The Morgan fingerprint density at radius 2 is 0.646 bits per heavy atom. The fraction of sp³-hybridized carbons (Fsp3) is 1.00. The lowest BCUT2D eigenvalue weighted by Crippen LogP contribution is -2.59. The zero-order valence-electron chi connectivity index (χ0n) is 33.1. The van der Waals surface area contributed by atoms with Gasteiger partial charge in [-0.25, -0.2) is 0 Å². The van der Waals surface area contributed by atoms with E-state index in [1.165, 1.54) is 193 Å². The lowest BCUT2D eigenvalue weighted by atomic mass is 9.83. The number of aliphatic hydroxyl groups is 3. The van der Waals surface area contributed by atoms with Gasteiger partial charge in [0.25, 0.3) is 0 Å². The summed E-state index contributed by atoms with van der Waals surface area (Å²) in [7, 11) is 1.59. The van der Waals surface area contributed by atoms with Gasteiger partial charge in [-0.15, -0.1) is 0 Å². The predicted molar refractivity (Wildman–Crippen MR) is 210 cm³/mol. The molecule has 0 saturated heterocycles. The van der Waals surface area contributed by atoms with Crippen LogP contribution in [0.3, 0.4) is 0 Å². The molecule has 290 valence electrons. The molecule has 1 unspecified atom stereocenters. The van der Waals surface area contributed by atoms with Crippen molar-refractivity contribution in [3.05, 3.63) is 0 Å². The fourth-order valence-corrected chi connectivity index (χ4v) is 7.82. The quantitative estimate of drug-likeness (QED) is 0.0442. The van der Waals surface area contributed by atoms with Crippen LogP contribution in [-0.2, 0) is 4.74 Å². The number of ether oxygens (including phenoxy) is 1.